The number of nitrogens with one attached hydrogen (secondary N) is 2. The van der Waals surface area contributed by atoms with Crippen molar-refractivity contribution in [1.29, 1.82) is 0 Å². The zero-order valence-corrected chi connectivity index (χ0v) is 17.2. The topological polar surface area (TPSA) is 104 Å². The van der Waals surface area contributed by atoms with Crippen LogP contribution in [0.15, 0.2) is 43.0 Å². The van der Waals surface area contributed by atoms with Crippen LogP contribution in [0.4, 0.5) is 10.6 Å². The minimum atomic E-state index is -0.569. The highest BCUT2D eigenvalue weighted by atomic mass is 16.3. The number of carbonyl (C=O) groups excluding carboxylic acids is 1. The van der Waals surface area contributed by atoms with Crippen LogP contribution in [-0.4, -0.2) is 37.0 Å². The fourth-order valence-corrected chi connectivity index (χ4v) is 3.53. The molecule has 4 aromatic rings. The minimum Gasteiger partial charge on any atom is -0.387 e. The second-order valence-corrected chi connectivity index (χ2v) is 7.14. The van der Waals surface area contributed by atoms with E-state index in [1.165, 1.54) is 0 Å². The molecule has 0 aliphatic carbocycles. The fourth-order valence-electron chi connectivity index (χ4n) is 3.53. The highest BCUT2D eigenvalue weighted by Crippen LogP contribution is 2.32. The molecule has 0 bridgehead atoms. The molecule has 4 heterocycles. The Morgan fingerprint density at radius 1 is 1.13 bits per heavy atom. The summed E-state index contributed by atoms with van der Waals surface area (Å²) in [5, 5.41) is 16.4. The second-order valence-electron chi connectivity index (χ2n) is 7.14. The van der Waals surface area contributed by atoms with E-state index in [2.05, 4.69) is 25.6 Å². The third-order valence-corrected chi connectivity index (χ3v) is 5.08. The zero-order chi connectivity index (χ0) is 21.3. The Bertz CT molecular complexity index is 1230. The minimum absolute atomic E-state index is 0.293. The molecule has 1 atom stereocenters. The van der Waals surface area contributed by atoms with Crippen LogP contribution in [0, 0.1) is 6.92 Å². The molecule has 0 radical (unpaired) electrons. The molecule has 2 amide bonds. The van der Waals surface area contributed by atoms with Crippen LogP contribution in [0.5, 0.6) is 0 Å². The number of urea groups is 1. The third kappa shape index (κ3) is 3.57. The smallest absolute Gasteiger partial charge is 0.320 e. The van der Waals surface area contributed by atoms with Crippen molar-refractivity contribution in [3.8, 4) is 11.1 Å². The number of anilines is 1. The number of hydrogen-bond donors (Lipinski definition) is 3. The van der Waals surface area contributed by atoms with Crippen LogP contribution in [0.25, 0.3) is 27.7 Å². The Kier molecular flexibility index (Phi) is 5.33. The molecule has 0 aliphatic heterocycles. The molecule has 4 rings (SSSR count). The number of pyridine rings is 3. The Morgan fingerprint density at radius 2 is 1.97 bits per heavy atom. The van der Waals surface area contributed by atoms with Gasteiger partial charge in [-0.05, 0) is 38.0 Å². The van der Waals surface area contributed by atoms with Crippen molar-refractivity contribution < 1.29 is 9.90 Å². The number of nitrogens with zero attached hydrogens (tertiary/aromatic N) is 4. The summed E-state index contributed by atoms with van der Waals surface area (Å²) >= 11 is 0. The highest BCUT2D eigenvalue weighted by molar-refractivity contribution is 5.95. The summed E-state index contributed by atoms with van der Waals surface area (Å²) in [6, 6.07) is 5.49. The van der Waals surface area contributed by atoms with E-state index in [0.717, 1.165) is 33.2 Å². The summed E-state index contributed by atoms with van der Waals surface area (Å²) in [4.78, 5) is 25.2. The Hall–Kier alpha value is -3.52. The van der Waals surface area contributed by atoms with Crippen molar-refractivity contribution in [3.63, 3.8) is 0 Å². The molecule has 30 heavy (non-hydrogen) atoms. The molecule has 4 aromatic heterocycles. The molecule has 0 spiro atoms. The second kappa shape index (κ2) is 8.08. The van der Waals surface area contributed by atoms with Gasteiger partial charge in [0.2, 0.25) is 0 Å². The Labute approximate surface area is 174 Å². The van der Waals surface area contributed by atoms with Crippen LogP contribution in [0.3, 0.4) is 0 Å². The van der Waals surface area contributed by atoms with Crippen molar-refractivity contribution in [3.05, 3.63) is 54.2 Å². The number of rotatable bonds is 5. The third-order valence-electron chi connectivity index (χ3n) is 5.08. The lowest BCUT2D eigenvalue weighted by atomic mass is 10.0. The van der Waals surface area contributed by atoms with Crippen LogP contribution in [0.2, 0.25) is 0 Å². The normalized spacial score (nSPS) is 12.3. The van der Waals surface area contributed by atoms with E-state index >= 15 is 0 Å². The van der Waals surface area contributed by atoms with Crippen LogP contribution in [0.1, 0.15) is 37.6 Å². The zero-order valence-electron chi connectivity index (χ0n) is 17.2. The molecule has 3 N–H and O–H groups in total. The molecule has 8 nitrogen and oxygen atoms in total. The predicted octanol–water partition coefficient (Wildman–Crippen LogP) is 3.84. The number of aromatic nitrogens is 4. The number of amides is 2. The van der Waals surface area contributed by atoms with Crippen molar-refractivity contribution in [2.45, 2.75) is 33.3 Å². The fraction of sp³-hybridized carbons (Fsp3) is 0.273. The van der Waals surface area contributed by atoms with Crippen LogP contribution < -0.4 is 10.6 Å². The number of aliphatic hydroxyl groups excluding tert-OH is 1. The van der Waals surface area contributed by atoms with Gasteiger partial charge in [0.1, 0.15) is 11.5 Å². The first-order valence-electron chi connectivity index (χ1n) is 9.97. The predicted molar refractivity (Wildman–Crippen MR) is 116 cm³/mol. The Morgan fingerprint density at radius 3 is 2.70 bits per heavy atom. The molecule has 8 heteroatoms. The van der Waals surface area contributed by atoms with Gasteiger partial charge < -0.3 is 10.4 Å². The molecule has 0 aromatic carbocycles. The van der Waals surface area contributed by atoms with Gasteiger partial charge in [-0.1, -0.05) is 6.92 Å². The van der Waals surface area contributed by atoms with Crippen molar-refractivity contribution >= 4 is 28.4 Å². The maximum atomic E-state index is 11.8. The van der Waals surface area contributed by atoms with E-state index in [1.54, 1.807) is 18.6 Å². The van der Waals surface area contributed by atoms with E-state index in [1.807, 2.05) is 49.6 Å². The van der Waals surface area contributed by atoms with Gasteiger partial charge in [-0.3, -0.25) is 14.7 Å². The largest absolute Gasteiger partial charge is 0.387 e. The summed E-state index contributed by atoms with van der Waals surface area (Å²) in [5.74, 6) is 0.465. The molecule has 0 saturated carbocycles. The summed E-state index contributed by atoms with van der Waals surface area (Å²) in [7, 11) is 0. The number of fused-ring (bicyclic) bond motifs is 3. The number of imidazole rings is 1. The lowest BCUT2D eigenvalue weighted by molar-refractivity contribution is 0.169. The Balaban J connectivity index is 1.82. The van der Waals surface area contributed by atoms with Crippen molar-refractivity contribution in [1.82, 2.24) is 24.7 Å². The molecule has 0 aliphatic rings. The summed E-state index contributed by atoms with van der Waals surface area (Å²) < 4.78 is 1.98. The van der Waals surface area contributed by atoms with Gasteiger partial charge in [0.25, 0.3) is 0 Å². The van der Waals surface area contributed by atoms with E-state index in [-0.39, 0.29) is 6.03 Å². The van der Waals surface area contributed by atoms with E-state index in [0.29, 0.717) is 24.5 Å². The molecular formula is C22H24N6O2. The van der Waals surface area contributed by atoms with Gasteiger partial charge in [-0.25, -0.2) is 14.8 Å². The number of carbonyl (C=O) groups is 1. The highest BCUT2D eigenvalue weighted by Gasteiger charge is 2.15. The molecule has 0 fully saturated rings. The van der Waals surface area contributed by atoms with Gasteiger partial charge in [0, 0.05) is 53.9 Å². The maximum absolute atomic E-state index is 11.8. The number of hydrogen-bond acceptors (Lipinski definition) is 5. The lowest BCUT2D eigenvalue weighted by Crippen LogP contribution is -2.28. The van der Waals surface area contributed by atoms with Crippen molar-refractivity contribution in [2.75, 3.05) is 11.9 Å². The standard InChI is InChI=1S/C22H24N6O2/c1-4-19(29)17-8-13(3)16(12-25-17)15-9-14-11-26-20(27-22(30)23-5-2)10-18(14)28-7-6-24-21(15)28/h6-12,19,29H,4-5H2,1-3H3,(H2,23,26,27,30)/t19-/m1/s1. The first-order valence-corrected chi connectivity index (χ1v) is 9.97. The van der Waals surface area contributed by atoms with Crippen LogP contribution >= 0.6 is 0 Å². The van der Waals surface area contributed by atoms with E-state index in [9.17, 15) is 9.90 Å². The first kappa shape index (κ1) is 19.8. The summed E-state index contributed by atoms with van der Waals surface area (Å²) in [6.07, 6.45) is 7.20. The summed E-state index contributed by atoms with van der Waals surface area (Å²) in [6.45, 7) is 6.32. The van der Waals surface area contributed by atoms with Crippen molar-refractivity contribution in [2.24, 2.45) is 0 Å². The lowest BCUT2D eigenvalue weighted by Gasteiger charge is -2.14. The quantitative estimate of drug-likeness (QED) is 0.469. The first-order chi connectivity index (χ1) is 14.5. The van der Waals surface area contributed by atoms with Gasteiger partial charge in [-0.15, -0.1) is 0 Å². The molecular weight excluding hydrogens is 380 g/mol. The van der Waals surface area contributed by atoms with E-state index < -0.39 is 6.10 Å². The van der Waals surface area contributed by atoms with Gasteiger partial charge in [0.05, 0.1) is 17.3 Å². The average Bonchev–Trinajstić information content (AvgIpc) is 3.23. The monoisotopic (exact) mass is 404 g/mol. The van der Waals surface area contributed by atoms with E-state index in [4.69, 9.17) is 0 Å². The van der Waals surface area contributed by atoms with Gasteiger partial charge in [0.15, 0.2) is 0 Å². The van der Waals surface area contributed by atoms with Crippen LogP contribution in [-0.2, 0) is 0 Å². The maximum Gasteiger partial charge on any atom is 0.320 e. The number of aliphatic hydroxyl groups is 1. The summed E-state index contributed by atoms with van der Waals surface area (Å²) in [5.41, 5.74) is 5.23. The van der Waals surface area contributed by atoms with Gasteiger partial charge in [-0.2, -0.15) is 0 Å². The van der Waals surface area contributed by atoms with Gasteiger partial charge >= 0.3 is 6.03 Å². The molecule has 0 unspecified atom stereocenters. The molecule has 0 saturated heterocycles. The average molecular weight is 404 g/mol. The number of aryl methyl sites for hydroxylation is 1. The molecule has 154 valence electrons. The SMILES string of the molecule is CCNC(=O)Nc1cc2c(cn1)cc(-c1cnc([C@H](O)CC)cc1C)c1nccn12.